The van der Waals surface area contributed by atoms with Gasteiger partial charge < -0.3 is 14.4 Å². The number of rotatable bonds is 3. The number of nitrogens with zero attached hydrogens (tertiary/aromatic N) is 4. The van der Waals surface area contributed by atoms with Crippen LogP contribution in [0.25, 0.3) is 10.9 Å². The molecule has 6 nitrogen and oxygen atoms in total. The topological polar surface area (TPSA) is 48.8 Å². The minimum atomic E-state index is 0.0929. The van der Waals surface area contributed by atoms with Gasteiger partial charge in [0, 0.05) is 63.4 Å². The van der Waals surface area contributed by atoms with Crippen LogP contribution in [0.3, 0.4) is 0 Å². The molecule has 1 aromatic carbocycles. The third-order valence-electron chi connectivity index (χ3n) is 6.10. The maximum atomic E-state index is 13.1. The van der Waals surface area contributed by atoms with Gasteiger partial charge in [0.2, 0.25) is 5.91 Å². The first-order valence-corrected chi connectivity index (χ1v) is 10.5. The highest BCUT2D eigenvalue weighted by atomic mass is 16.2. The fourth-order valence-electron chi connectivity index (χ4n) is 4.40. The summed E-state index contributed by atoms with van der Waals surface area (Å²) in [6, 6.07) is 8.03. The molecule has 2 saturated heterocycles. The van der Waals surface area contributed by atoms with Crippen molar-refractivity contribution >= 4 is 22.7 Å². The molecular formula is C22H30N4O2. The van der Waals surface area contributed by atoms with Crippen LogP contribution in [0.15, 0.2) is 30.5 Å². The molecule has 0 N–H and O–H groups in total. The van der Waals surface area contributed by atoms with E-state index in [0.29, 0.717) is 19.6 Å². The first-order chi connectivity index (χ1) is 13.6. The van der Waals surface area contributed by atoms with Crippen molar-refractivity contribution in [3.05, 3.63) is 36.0 Å². The van der Waals surface area contributed by atoms with Crippen LogP contribution >= 0.6 is 0 Å². The molecule has 2 aliphatic heterocycles. The van der Waals surface area contributed by atoms with Gasteiger partial charge in [0.25, 0.3) is 5.91 Å². The van der Waals surface area contributed by atoms with Gasteiger partial charge >= 0.3 is 0 Å². The van der Waals surface area contributed by atoms with Crippen molar-refractivity contribution in [1.82, 2.24) is 19.3 Å². The lowest BCUT2D eigenvalue weighted by Crippen LogP contribution is -2.51. The lowest BCUT2D eigenvalue weighted by Gasteiger charge is -2.35. The lowest BCUT2D eigenvalue weighted by molar-refractivity contribution is -0.132. The van der Waals surface area contributed by atoms with Crippen molar-refractivity contribution in [1.29, 1.82) is 0 Å². The molecule has 0 radical (unpaired) electrons. The summed E-state index contributed by atoms with van der Waals surface area (Å²) in [5, 5.41) is 1.01. The van der Waals surface area contributed by atoms with Crippen LogP contribution < -0.4 is 0 Å². The van der Waals surface area contributed by atoms with Crippen LogP contribution in [0.2, 0.25) is 0 Å². The summed E-state index contributed by atoms with van der Waals surface area (Å²) in [6.07, 6.45) is 6.65. The Morgan fingerprint density at radius 1 is 0.857 bits per heavy atom. The van der Waals surface area contributed by atoms with E-state index >= 15 is 0 Å². The van der Waals surface area contributed by atoms with Gasteiger partial charge in [-0.3, -0.25) is 14.5 Å². The van der Waals surface area contributed by atoms with Gasteiger partial charge in [0.15, 0.2) is 0 Å². The molecule has 2 aromatic rings. The Morgan fingerprint density at radius 2 is 1.54 bits per heavy atom. The minimum Gasteiger partial charge on any atom is -0.350 e. The maximum Gasteiger partial charge on any atom is 0.256 e. The second-order valence-electron chi connectivity index (χ2n) is 8.03. The third-order valence-corrected chi connectivity index (χ3v) is 6.10. The van der Waals surface area contributed by atoms with Gasteiger partial charge in [-0.1, -0.05) is 31.0 Å². The number of aromatic nitrogens is 1. The molecule has 0 spiro atoms. The molecule has 3 heterocycles. The molecule has 0 unspecified atom stereocenters. The molecule has 150 valence electrons. The highest BCUT2D eigenvalue weighted by Crippen LogP contribution is 2.22. The smallest absolute Gasteiger partial charge is 0.256 e. The molecule has 0 atom stereocenters. The molecule has 28 heavy (non-hydrogen) atoms. The van der Waals surface area contributed by atoms with Crippen molar-refractivity contribution in [2.75, 3.05) is 45.8 Å². The van der Waals surface area contributed by atoms with Gasteiger partial charge in [-0.15, -0.1) is 0 Å². The number of likely N-dealkylation sites (tertiary alicyclic amines) is 1. The largest absolute Gasteiger partial charge is 0.350 e. The maximum absolute atomic E-state index is 13.1. The average Bonchev–Trinajstić information content (AvgIpc) is 2.89. The van der Waals surface area contributed by atoms with E-state index < -0.39 is 0 Å². The van der Waals surface area contributed by atoms with Gasteiger partial charge in [-0.05, 0) is 18.9 Å². The fourth-order valence-corrected chi connectivity index (χ4v) is 4.40. The number of hydrogen-bond acceptors (Lipinski definition) is 3. The summed E-state index contributed by atoms with van der Waals surface area (Å²) in [6.45, 7) is 5.16. The molecule has 0 aliphatic carbocycles. The Balaban J connectivity index is 1.34. The fraction of sp³-hybridized carbons (Fsp3) is 0.545. The number of aryl methyl sites for hydroxylation is 1. The Kier molecular flexibility index (Phi) is 5.67. The third kappa shape index (κ3) is 3.92. The summed E-state index contributed by atoms with van der Waals surface area (Å²) >= 11 is 0. The number of piperazine rings is 1. The molecule has 4 rings (SSSR count). The van der Waals surface area contributed by atoms with Crippen LogP contribution in [0.1, 0.15) is 36.0 Å². The molecule has 2 amide bonds. The van der Waals surface area contributed by atoms with Gasteiger partial charge in [-0.25, -0.2) is 0 Å². The van der Waals surface area contributed by atoms with Gasteiger partial charge in [0.1, 0.15) is 0 Å². The number of carbonyl (C=O) groups excluding carboxylic acids is 2. The Bertz CT molecular complexity index is 843. The summed E-state index contributed by atoms with van der Waals surface area (Å²) in [4.78, 5) is 31.8. The van der Waals surface area contributed by atoms with E-state index in [1.807, 2.05) is 51.9 Å². The van der Waals surface area contributed by atoms with E-state index in [4.69, 9.17) is 0 Å². The Hall–Kier alpha value is -2.34. The van der Waals surface area contributed by atoms with Crippen molar-refractivity contribution in [3.8, 4) is 0 Å². The monoisotopic (exact) mass is 382 g/mol. The zero-order chi connectivity index (χ0) is 19.5. The van der Waals surface area contributed by atoms with Gasteiger partial charge in [0.05, 0.1) is 12.1 Å². The highest BCUT2D eigenvalue weighted by molar-refractivity contribution is 6.07. The normalized spacial score (nSPS) is 19.0. The van der Waals surface area contributed by atoms with Crippen molar-refractivity contribution in [2.24, 2.45) is 7.05 Å². The Labute approximate surface area is 166 Å². The number of benzene rings is 1. The SMILES string of the molecule is Cn1cc(C(=O)N2CCN(CC(=O)N3CCCCCC3)CC2)c2ccccc21. The lowest BCUT2D eigenvalue weighted by atomic mass is 10.1. The van der Waals surface area contributed by atoms with E-state index in [-0.39, 0.29) is 11.8 Å². The van der Waals surface area contributed by atoms with Crippen molar-refractivity contribution < 1.29 is 9.59 Å². The number of fused-ring (bicyclic) bond motifs is 1. The Morgan fingerprint density at radius 3 is 2.25 bits per heavy atom. The van der Waals surface area contributed by atoms with Crippen LogP contribution in [-0.2, 0) is 11.8 Å². The van der Waals surface area contributed by atoms with Crippen molar-refractivity contribution in [2.45, 2.75) is 25.7 Å². The van der Waals surface area contributed by atoms with E-state index in [0.717, 1.165) is 55.5 Å². The molecule has 6 heteroatoms. The number of para-hydroxylation sites is 1. The predicted octanol–water partition coefficient (Wildman–Crippen LogP) is 2.34. The standard InChI is InChI=1S/C22H30N4O2/c1-23-16-19(18-8-4-5-9-20(18)23)22(28)26-14-12-24(13-15-26)17-21(27)25-10-6-2-3-7-11-25/h4-5,8-9,16H,2-3,6-7,10-15,17H2,1H3. The van der Waals surface area contributed by atoms with Crippen LogP contribution in [0, 0.1) is 0 Å². The first-order valence-electron chi connectivity index (χ1n) is 10.5. The number of amides is 2. The molecule has 0 saturated carbocycles. The molecule has 2 aliphatic rings. The predicted molar refractivity (Wildman–Crippen MR) is 110 cm³/mol. The minimum absolute atomic E-state index is 0.0929. The molecule has 2 fully saturated rings. The number of carbonyl (C=O) groups is 2. The van der Waals surface area contributed by atoms with E-state index in [2.05, 4.69) is 4.90 Å². The highest BCUT2D eigenvalue weighted by Gasteiger charge is 2.26. The van der Waals surface area contributed by atoms with E-state index in [1.165, 1.54) is 12.8 Å². The summed E-state index contributed by atoms with van der Waals surface area (Å²) in [5.74, 6) is 0.339. The molecular weight excluding hydrogens is 352 g/mol. The summed E-state index contributed by atoms with van der Waals surface area (Å²) < 4.78 is 2.01. The summed E-state index contributed by atoms with van der Waals surface area (Å²) in [5.41, 5.74) is 1.85. The van der Waals surface area contributed by atoms with E-state index in [9.17, 15) is 9.59 Å². The summed E-state index contributed by atoms with van der Waals surface area (Å²) in [7, 11) is 1.98. The van der Waals surface area contributed by atoms with Crippen LogP contribution in [-0.4, -0.2) is 76.9 Å². The molecule has 0 bridgehead atoms. The zero-order valence-corrected chi connectivity index (χ0v) is 16.8. The van der Waals surface area contributed by atoms with Crippen LogP contribution in [0.5, 0.6) is 0 Å². The molecule has 1 aromatic heterocycles. The average molecular weight is 383 g/mol. The number of hydrogen-bond donors (Lipinski definition) is 0. The van der Waals surface area contributed by atoms with Crippen LogP contribution in [0.4, 0.5) is 0 Å². The second-order valence-corrected chi connectivity index (χ2v) is 8.03. The quantitative estimate of drug-likeness (QED) is 0.819. The second kappa shape index (κ2) is 8.35. The zero-order valence-electron chi connectivity index (χ0n) is 16.8. The van der Waals surface area contributed by atoms with Gasteiger partial charge in [-0.2, -0.15) is 0 Å². The van der Waals surface area contributed by atoms with Crippen molar-refractivity contribution in [3.63, 3.8) is 0 Å². The first kappa shape index (κ1) is 19.0. The van der Waals surface area contributed by atoms with E-state index in [1.54, 1.807) is 0 Å².